The van der Waals surface area contributed by atoms with Gasteiger partial charge in [0.05, 0.1) is 55.3 Å². The Morgan fingerprint density at radius 1 is 0.839 bits per heavy atom. The van der Waals surface area contributed by atoms with Crippen LogP contribution in [0.1, 0.15) is 63.3 Å². The molecule has 14 nitrogen and oxygen atoms in total. The van der Waals surface area contributed by atoms with Gasteiger partial charge < -0.3 is 45.0 Å². The Bertz CT molecular complexity index is 2230. The summed E-state index contributed by atoms with van der Waals surface area (Å²) in [6.07, 6.45) is 4.22. The first-order chi connectivity index (χ1) is 27.2. The van der Waals surface area contributed by atoms with Gasteiger partial charge in [-0.15, -0.1) is 0 Å². The van der Waals surface area contributed by atoms with Crippen LogP contribution in [0.25, 0.3) is 44.2 Å². The Hall–Kier alpha value is -5.31. The highest BCUT2D eigenvalue weighted by Crippen LogP contribution is 2.35. The number of aromatic amines is 2. The highest BCUT2D eigenvalue weighted by Gasteiger charge is 2.40. The van der Waals surface area contributed by atoms with Crippen molar-refractivity contribution < 1.29 is 28.6 Å². The van der Waals surface area contributed by atoms with Crippen molar-refractivity contribution in [2.24, 2.45) is 17.6 Å². The third-order valence-corrected chi connectivity index (χ3v) is 11.6. The average Bonchev–Trinajstić information content (AvgIpc) is 4.02. The van der Waals surface area contributed by atoms with Gasteiger partial charge in [0.25, 0.3) is 0 Å². The van der Waals surface area contributed by atoms with Crippen LogP contribution < -0.4 is 11.1 Å². The van der Waals surface area contributed by atoms with E-state index in [1.807, 2.05) is 31.0 Å². The molecule has 3 aliphatic heterocycles. The highest BCUT2D eigenvalue weighted by molar-refractivity contribution is 5.92. The molecule has 0 spiro atoms. The zero-order valence-electron chi connectivity index (χ0n) is 32.1. The molecule has 5 aromatic rings. The minimum absolute atomic E-state index is 0.0253. The zero-order chi connectivity index (χ0) is 38.9. The first-order valence-corrected chi connectivity index (χ1v) is 19.6. The summed E-state index contributed by atoms with van der Waals surface area (Å²) in [6, 6.07) is 17.1. The number of morpholine rings is 1. The number of likely N-dealkylation sites (tertiary alicyclic amines) is 1. The largest absolute Gasteiger partial charge is 0.453 e. The molecule has 0 bridgehead atoms. The zero-order valence-corrected chi connectivity index (χ0v) is 32.1. The van der Waals surface area contributed by atoms with E-state index in [4.69, 9.17) is 24.9 Å². The quantitative estimate of drug-likeness (QED) is 0.151. The predicted octanol–water partition coefficient (Wildman–Crippen LogP) is 5.47. The number of H-pyrrole nitrogens is 2. The number of amides is 3. The van der Waals surface area contributed by atoms with E-state index in [1.54, 1.807) is 4.90 Å². The summed E-state index contributed by atoms with van der Waals surface area (Å²) < 4.78 is 16.2. The molecule has 3 fully saturated rings. The van der Waals surface area contributed by atoms with Crippen molar-refractivity contribution in [3.05, 3.63) is 72.4 Å². The van der Waals surface area contributed by atoms with E-state index in [1.165, 1.54) is 7.11 Å². The number of nitrogens with one attached hydrogen (secondary N) is 3. The smallest absolute Gasteiger partial charge is 0.407 e. The number of fused-ring (bicyclic) bond motifs is 2. The lowest BCUT2D eigenvalue weighted by atomic mass is 9.90. The van der Waals surface area contributed by atoms with E-state index in [-0.39, 0.29) is 35.7 Å². The maximum atomic E-state index is 14.0. The lowest BCUT2D eigenvalue weighted by Gasteiger charge is -2.36. The van der Waals surface area contributed by atoms with Crippen molar-refractivity contribution in [3.8, 4) is 22.4 Å². The highest BCUT2D eigenvalue weighted by atomic mass is 16.5. The van der Waals surface area contributed by atoms with Crippen molar-refractivity contribution in [1.29, 1.82) is 0 Å². The SMILES string of the molecule is COC(=O)N[C@H](C(=O)N1CCC[C@H]1c1nc2ccc(-c3ccc4cc(-c5cnc([C@@H]6COCCN6C(=O)[C@@H](N)C(C)C)[nH]5)ccc4c3)cc2[nH]1)C1CCOCC1. The maximum absolute atomic E-state index is 14.0. The number of hydrogen-bond donors (Lipinski definition) is 4. The van der Waals surface area contributed by atoms with E-state index in [0.29, 0.717) is 58.2 Å². The maximum Gasteiger partial charge on any atom is 0.407 e. The minimum Gasteiger partial charge on any atom is -0.453 e. The molecular weight excluding hydrogens is 713 g/mol. The number of nitrogens with zero attached hydrogens (tertiary/aromatic N) is 4. The van der Waals surface area contributed by atoms with Gasteiger partial charge in [-0.25, -0.2) is 14.8 Å². The minimum atomic E-state index is -0.683. The summed E-state index contributed by atoms with van der Waals surface area (Å²) >= 11 is 0. The van der Waals surface area contributed by atoms with Gasteiger partial charge in [0, 0.05) is 31.9 Å². The molecule has 3 saturated heterocycles. The van der Waals surface area contributed by atoms with Gasteiger partial charge in [0.2, 0.25) is 11.8 Å². The topological polar surface area (TPSA) is 181 Å². The number of methoxy groups -OCH3 is 1. The number of carbonyl (C=O) groups is 3. The number of ether oxygens (including phenoxy) is 3. The van der Waals surface area contributed by atoms with E-state index in [9.17, 15) is 14.4 Å². The van der Waals surface area contributed by atoms with Gasteiger partial charge in [-0.3, -0.25) is 9.59 Å². The van der Waals surface area contributed by atoms with E-state index >= 15 is 0 Å². The first kappa shape index (κ1) is 37.6. The Kier molecular flexibility index (Phi) is 10.8. The van der Waals surface area contributed by atoms with Gasteiger partial charge in [-0.2, -0.15) is 0 Å². The fraction of sp³-hybridized carbons (Fsp3) is 0.452. The predicted molar refractivity (Wildman–Crippen MR) is 211 cm³/mol. The summed E-state index contributed by atoms with van der Waals surface area (Å²) in [6.45, 7) is 6.94. The molecule has 0 unspecified atom stereocenters. The van der Waals surface area contributed by atoms with Crippen LogP contribution in [0.3, 0.4) is 0 Å². The van der Waals surface area contributed by atoms with Gasteiger partial charge in [0.1, 0.15) is 23.7 Å². The number of benzene rings is 3. The summed E-state index contributed by atoms with van der Waals surface area (Å²) in [5.41, 5.74) is 11.9. The molecule has 5 heterocycles. The van der Waals surface area contributed by atoms with E-state index in [0.717, 1.165) is 62.9 Å². The molecule has 0 saturated carbocycles. The third kappa shape index (κ3) is 7.48. The van der Waals surface area contributed by atoms with Crippen LogP contribution >= 0.6 is 0 Å². The van der Waals surface area contributed by atoms with Crippen molar-refractivity contribution in [2.75, 3.05) is 46.6 Å². The molecule has 3 aliphatic rings. The monoisotopic (exact) mass is 762 g/mol. The first-order valence-electron chi connectivity index (χ1n) is 19.6. The van der Waals surface area contributed by atoms with Crippen LogP contribution in [0.2, 0.25) is 0 Å². The number of aromatic nitrogens is 4. The molecule has 5 N–H and O–H groups in total. The van der Waals surface area contributed by atoms with Crippen LogP contribution in [0, 0.1) is 11.8 Å². The molecule has 0 aliphatic carbocycles. The summed E-state index contributed by atoms with van der Waals surface area (Å²) in [7, 11) is 1.31. The Labute approximate surface area is 325 Å². The van der Waals surface area contributed by atoms with Crippen molar-refractivity contribution in [2.45, 2.75) is 63.7 Å². The van der Waals surface area contributed by atoms with Gasteiger partial charge in [0.15, 0.2) is 0 Å². The van der Waals surface area contributed by atoms with Gasteiger partial charge in [-0.05, 0) is 83.7 Å². The second kappa shape index (κ2) is 16.0. The molecule has 14 heteroatoms. The lowest BCUT2D eigenvalue weighted by Crippen LogP contribution is -2.53. The number of imidazole rings is 2. The molecule has 3 amide bonds. The summed E-state index contributed by atoms with van der Waals surface area (Å²) in [4.78, 5) is 59.8. The molecular formula is C42H50N8O6. The van der Waals surface area contributed by atoms with Crippen LogP contribution in [-0.2, 0) is 23.8 Å². The molecule has 8 rings (SSSR count). The fourth-order valence-electron chi connectivity index (χ4n) is 8.29. The average molecular weight is 763 g/mol. The number of rotatable bonds is 9. The van der Waals surface area contributed by atoms with Crippen molar-refractivity contribution >= 4 is 39.7 Å². The van der Waals surface area contributed by atoms with E-state index in [2.05, 4.69) is 68.8 Å². The summed E-state index contributed by atoms with van der Waals surface area (Å²) in [5.74, 6) is 1.24. The number of nitrogens with two attached hydrogens (primary N) is 1. The van der Waals surface area contributed by atoms with E-state index < -0.39 is 18.2 Å². The molecule has 4 atom stereocenters. The van der Waals surface area contributed by atoms with Crippen LogP contribution in [0.15, 0.2) is 60.8 Å². The lowest BCUT2D eigenvalue weighted by molar-refractivity contribution is -0.143. The standard InChI is InChI=1S/C42H50N8O6/c1-24(2)36(43)40(51)50-15-18-56-23-35(50)38-44-22-33(47-38)30-9-8-26-19-27(6-7-28(26)20-30)29-10-11-31-32(21-29)46-39(45-31)34-5-4-14-49(34)41(52)37(48-42(53)54-3)25-12-16-55-17-13-25/h6-11,19-22,24-25,34-37H,4-5,12-18,23,43H2,1-3H3,(H,44,47)(H,45,46)(H,48,53)/t34-,35-,36-,37-/m0/s1. The van der Waals surface area contributed by atoms with Crippen molar-refractivity contribution in [1.82, 2.24) is 35.1 Å². The van der Waals surface area contributed by atoms with Crippen LogP contribution in [-0.4, -0.2) is 106 Å². The third-order valence-electron chi connectivity index (χ3n) is 11.6. The Balaban J connectivity index is 0.994. The number of carbonyl (C=O) groups excluding carboxylic acids is 3. The van der Waals surface area contributed by atoms with Crippen LogP contribution in [0.5, 0.6) is 0 Å². The molecule has 0 radical (unpaired) electrons. The number of hydrogen-bond acceptors (Lipinski definition) is 9. The van der Waals surface area contributed by atoms with Crippen LogP contribution in [0.4, 0.5) is 4.79 Å². The second-order valence-electron chi connectivity index (χ2n) is 15.5. The fourth-order valence-corrected chi connectivity index (χ4v) is 8.29. The van der Waals surface area contributed by atoms with Gasteiger partial charge >= 0.3 is 6.09 Å². The number of alkyl carbamates (subject to hydrolysis) is 1. The molecule has 2 aromatic heterocycles. The van der Waals surface area contributed by atoms with Gasteiger partial charge in [-0.1, -0.05) is 44.2 Å². The molecule has 56 heavy (non-hydrogen) atoms. The normalized spacial score (nSPS) is 20.4. The second-order valence-corrected chi connectivity index (χ2v) is 15.5. The van der Waals surface area contributed by atoms with Crippen molar-refractivity contribution in [3.63, 3.8) is 0 Å². The molecule has 3 aromatic carbocycles. The Morgan fingerprint density at radius 3 is 2.32 bits per heavy atom. The Morgan fingerprint density at radius 2 is 1.55 bits per heavy atom. The molecule has 294 valence electrons. The summed E-state index contributed by atoms with van der Waals surface area (Å²) in [5, 5.41) is 5.00.